The molecule has 1 rings (SSSR count). The zero-order valence-corrected chi connectivity index (χ0v) is 11.2. The van der Waals surface area contributed by atoms with Gasteiger partial charge in [0, 0.05) is 12.5 Å². The molecule has 0 saturated carbocycles. The highest BCUT2D eigenvalue weighted by Gasteiger charge is 2.20. The first-order valence-electron chi connectivity index (χ1n) is 6.78. The van der Waals surface area contributed by atoms with Gasteiger partial charge in [-0.25, -0.2) is 0 Å². The van der Waals surface area contributed by atoms with Gasteiger partial charge in [0.2, 0.25) is 0 Å². The van der Waals surface area contributed by atoms with E-state index in [4.69, 9.17) is 5.11 Å². The van der Waals surface area contributed by atoms with Crippen molar-refractivity contribution in [2.24, 2.45) is 0 Å². The van der Waals surface area contributed by atoms with E-state index < -0.39 is 5.97 Å². The third-order valence-electron chi connectivity index (χ3n) is 3.78. The molecule has 0 spiro atoms. The SMILES string of the molecule is CCN1CCC(N(C)CCCCC(=O)O)CC1. The zero-order valence-electron chi connectivity index (χ0n) is 11.2. The minimum Gasteiger partial charge on any atom is -0.481 e. The average Bonchev–Trinajstić information content (AvgIpc) is 2.34. The summed E-state index contributed by atoms with van der Waals surface area (Å²) >= 11 is 0. The normalized spacial score (nSPS) is 18.8. The van der Waals surface area contributed by atoms with Crippen molar-refractivity contribution in [1.82, 2.24) is 9.80 Å². The molecule has 4 heteroatoms. The van der Waals surface area contributed by atoms with Crippen molar-refractivity contribution in [2.45, 2.75) is 45.1 Å². The molecule has 0 aromatic carbocycles. The molecule has 0 atom stereocenters. The molecule has 1 aliphatic heterocycles. The Morgan fingerprint density at radius 1 is 1.35 bits per heavy atom. The molecule has 1 heterocycles. The molecule has 100 valence electrons. The molecule has 1 N–H and O–H groups in total. The van der Waals surface area contributed by atoms with Crippen LogP contribution in [-0.4, -0.2) is 60.1 Å². The number of hydrogen-bond donors (Lipinski definition) is 1. The van der Waals surface area contributed by atoms with Crippen molar-refractivity contribution in [3.05, 3.63) is 0 Å². The molecule has 0 radical (unpaired) electrons. The minimum absolute atomic E-state index is 0.308. The number of rotatable bonds is 7. The molecule has 0 unspecified atom stereocenters. The Bertz CT molecular complexity index is 225. The third kappa shape index (κ3) is 5.50. The molecule has 17 heavy (non-hydrogen) atoms. The third-order valence-corrected chi connectivity index (χ3v) is 3.78. The van der Waals surface area contributed by atoms with Gasteiger partial charge in [0.1, 0.15) is 0 Å². The molecule has 0 bridgehead atoms. The molecule has 0 amide bonds. The Labute approximate surface area is 105 Å². The molecule has 4 nitrogen and oxygen atoms in total. The van der Waals surface area contributed by atoms with Crippen LogP contribution < -0.4 is 0 Å². The average molecular weight is 242 g/mol. The van der Waals surface area contributed by atoms with Crippen LogP contribution in [-0.2, 0) is 4.79 Å². The number of piperidine rings is 1. The molecule has 0 aliphatic carbocycles. The Morgan fingerprint density at radius 2 is 2.00 bits per heavy atom. The second-order valence-electron chi connectivity index (χ2n) is 5.00. The van der Waals surface area contributed by atoms with Crippen LogP contribution in [0, 0.1) is 0 Å². The van der Waals surface area contributed by atoms with Gasteiger partial charge in [0.15, 0.2) is 0 Å². The number of aliphatic carboxylic acids is 1. The first kappa shape index (κ1) is 14.5. The van der Waals surface area contributed by atoms with E-state index >= 15 is 0 Å². The zero-order chi connectivity index (χ0) is 12.7. The van der Waals surface area contributed by atoms with Gasteiger partial charge in [-0.2, -0.15) is 0 Å². The lowest BCUT2D eigenvalue weighted by Crippen LogP contribution is -2.43. The first-order chi connectivity index (χ1) is 8.13. The number of carboxylic acids is 1. The van der Waals surface area contributed by atoms with E-state index in [9.17, 15) is 4.79 Å². The van der Waals surface area contributed by atoms with Gasteiger partial charge >= 0.3 is 5.97 Å². The van der Waals surface area contributed by atoms with Crippen LogP contribution in [0.15, 0.2) is 0 Å². The maximum Gasteiger partial charge on any atom is 0.303 e. The summed E-state index contributed by atoms with van der Waals surface area (Å²) in [6, 6.07) is 0.697. The van der Waals surface area contributed by atoms with Crippen molar-refractivity contribution in [3.63, 3.8) is 0 Å². The number of unbranched alkanes of at least 4 members (excludes halogenated alkanes) is 1. The Kier molecular flexibility index (Phi) is 6.52. The first-order valence-corrected chi connectivity index (χ1v) is 6.78. The van der Waals surface area contributed by atoms with Crippen molar-refractivity contribution in [2.75, 3.05) is 33.2 Å². The summed E-state index contributed by atoms with van der Waals surface area (Å²) in [5, 5.41) is 8.56. The van der Waals surface area contributed by atoms with Crippen LogP contribution in [0.4, 0.5) is 0 Å². The smallest absolute Gasteiger partial charge is 0.303 e. The quantitative estimate of drug-likeness (QED) is 0.690. The fraction of sp³-hybridized carbons (Fsp3) is 0.923. The Hall–Kier alpha value is -0.610. The summed E-state index contributed by atoms with van der Waals surface area (Å²) in [7, 11) is 2.17. The van der Waals surface area contributed by atoms with E-state index in [-0.39, 0.29) is 0 Å². The fourth-order valence-corrected chi connectivity index (χ4v) is 2.50. The van der Waals surface area contributed by atoms with Gasteiger partial charge in [0.25, 0.3) is 0 Å². The van der Waals surface area contributed by atoms with E-state index in [0.29, 0.717) is 12.5 Å². The number of carbonyl (C=O) groups is 1. The van der Waals surface area contributed by atoms with Crippen LogP contribution in [0.25, 0.3) is 0 Å². The van der Waals surface area contributed by atoms with E-state index in [1.165, 1.54) is 25.9 Å². The highest BCUT2D eigenvalue weighted by atomic mass is 16.4. The summed E-state index contributed by atoms with van der Waals surface area (Å²) < 4.78 is 0. The van der Waals surface area contributed by atoms with Gasteiger partial charge < -0.3 is 14.9 Å². The highest BCUT2D eigenvalue weighted by molar-refractivity contribution is 5.66. The van der Waals surface area contributed by atoms with Crippen LogP contribution in [0.1, 0.15) is 39.0 Å². The molecular formula is C13H26N2O2. The molecular weight excluding hydrogens is 216 g/mol. The molecule has 1 aliphatic rings. The van der Waals surface area contributed by atoms with Gasteiger partial charge in [-0.15, -0.1) is 0 Å². The molecule has 0 aromatic heterocycles. The summed E-state index contributed by atoms with van der Waals surface area (Å²) in [5.41, 5.74) is 0. The summed E-state index contributed by atoms with van der Waals surface area (Å²) in [5.74, 6) is -0.677. The summed E-state index contributed by atoms with van der Waals surface area (Å²) in [4.78, 5) is 15.3. The standard InChI is InChI=1S/C13H26N2O2/c1-3-15-10-7-12(8-11-15)14(2)9-5-4-6-13(16)17/h12H,3-11H2,1-2H3,(H,16,17). The van der Waals surface area contributed by atoms with Crippen molar-refractivity contribution >= 4 is 5.97 Å². The second-order valence-corrected chi connectivity index (χ2v) is 5.00. The lowest BCUT2D eigenvalue weighted by atomic mass is 10.0. The van der Waals surface area contributed by atoms with Crippen LogP contribution in [0.5, 0.6) is 0 Å². The topological polar surface area (TPSA) is 43.8 Å². The second kappa shape index (κ2) is 7.67. The Balaban J connectivity index is 2.11. The van der Waals surface area contributed by atoms with Crippen molar-refractivity contribution in [3.8, 4) is 0 Å². The summed E-state index contributed by atoms with van der Waals surface area (Å²) in [6.45, 7) is 6.83. The van der Waals surface area contributed by atoms with Crippen molar-refractivity contribution in [1.29, 1.82) is 0 Å². The van der Waals surface area contributed by atoms with E-state index in [0.717, 1.165) is 25.9 Å². The maximum absolute atomic E-state index is 10.4. The molecule has 1 fully saturated rings. The van der Waals surface area contributed by atoms with Crippen LogP contribution in [0.3, 0.4) is 0 Å². The lowest BCUT2D eigenvalue weighted by molar-refractivity contribution is -0.137. The van der Waals surface area contributed by atoms with E-state index in [2.05, 4.69) is 23.8 Å². The fourth-order valence-electron chi connectivity index (χ4n) is 2.50. The maximum atomic E-state index is 10.4. The largest absolute Gasteiger partial charge is 0.481 e. The monoisotopic (exact) mass is 242 g/mol. The predicted molar refractivity (Wildman–Crippen MR) is 69.3 cm³/mol. The van der Waals surface area contributed by atoms with Crippen LogP contribution in [0.2, 0.25) is 0 Å². The number of likely N-dealkylation sites (tertiary alicyclic amines) is 1. The van der Waals surface area contributed by atoms with Gasteiger partial charge in [0.05, 0.1) is 0 Å². The minimum atomic E-state index is -0.677. The number of hydrogen-bond acceptors (Lipinski definition) is 3. The number of nitrogens with zero attached hydrogens (tertiary/aromatic N) is 2. The van der Waals surface area contributed by atoms with E-state index in [1.54, 1.807) is 0 Å². The van der Waals surface area contributed by atoms with Gasteiger partial charge in [-0.3, -0.25) is 4.79 Å². The molecule has 0 aromatic rings. The van der Waals surface area contributed by atoms with Gasteiger partial charge in [-0.05, 0) is 58.9 Å². The van der Waals surface area contributed by atoms with Crippen molar-refractivity contribution < 1.29 is 9.90 Å². The predicted octanol–water partition coefficient (Wildman–Crippen LogP) is 1.66. The Morgan fingerprint density at radius 3 is 2.53 bits per heavy atom. The van der Waals surface area contributed by atoms with Crippen LogP contribution >= 0.6 is 0 Å². The lowest BCUT2D eigenvalue weighted by Gasteiger charge is -2.36. The van der Waals surface area contributed by atoms with E-state index in [1.807, 2.05) is 0 Å². The number of carboxylic acid groups (broad SMARTS) is 1. The highest BCUT2D eigenvalue weighted by Crippen LogP contribution is 2.15. The molecule has 1 saturated heterocycles. The summed E-state index contributed by atoms with van der Waals surface area (Å²) in [6.07, 6.45) is 4.61. The van der Waals surface area contributed by atoms with Gasteiger partial charge in [-0.1, -0.05) is 6.92 Å².